The second-order valence-corrected chi connectivity index (χ2v) is 4.78. The Morgan fingerprint density at radius 3 is 2.75 bits per heavy atom. The smallest absolute Gasteiger partial charge is 0.141 e. The number of aryl methyl sites for hydroxylation is 1. The molecule has 0 saturated heterocycles. The lowest BCUT2D eigenvalue weighted by molar-refractivity contribution is 0.616. The van der Waals surface area contributed by atoms with E-state index < -0.39 is 6.04 Å². The number of fused-ring (bicyclic) bond motifs is 1. The van der Waals surface area contributed by atoms with Crippen molar-refractivity contribution in [3.8, 4) is 0 Å². The molecule has 1 atom stereocenters. The van der Waals surface area contributed by atoms with Crippen LogP contribution in [0, 0.1) is 12.7 Å². The van der Waals surface area contributed by atoms with Gasteiger partial charge in [0.1, 0.15) is 5.82 Å². The molecule has 1 unspecified atom stereocenters. The first kappa shape index (κ1) is 12.7. The van der Waals surface area contributed by atoms with E-state index in [2.05, 4.69) is 9.97 Å². The van der Waals surface area contributed by atoms with Crippen LogP contribution in [0.4, 0.5) is 4.39 Å². The summed E-state index contributed by atoms with van der Waals surface area (Å²) in [5.74, 6) is -0.381. The van der Waals surface area contributed by atoms with Crippen molar-refractivity contribution in [1.29, 1.82) is 0 Å². The third kappa shape index (κ3) is 2.26. The van der Waals surface area contributed by atoms with E-state index >= 15 is 0 Å². The molecule has 0 saturated carbocycles. The van der Waals surface area contributed by atoms with Crippen molar-refractivity contribution in [3.63, 3.8) is 0 Å². The number of hydrogen-bond acceptors (Lipinski definition) is 3. The molecule has 20 heavy (non-hydrogen) atoms. The van der Waals surface area contributed by atoms with Crippen LogP contribution in [-0.4, -0.2) is 9.97 Å². The number of para-hydroxylation sites is 1. The van der Waals surface area contributed by atoms with Crippen LogP contribution in [0.3, 0.4) is 0 Å². The molecule has 3 nitrogen and oxygen atoms in total. The summed E-state index contributed by atoms with van der Waals surface area (Å²) >= 11 is 0. The minimum absolute atomic E-state index is 0.381. The van der Waals surface area contributed by atoms with E-state index in [1.807, 2.05) is 37.3 Å². The van der Waals surface area contributed by atoms with Crippen molar-refractivity contribution in [3.05, 3.63) is 71.4 Å². The quantitative estimate of drug-likeness (QED) is 0.776. The Morgan fingerprint density at radius 2 is 1.95 bits per heavy atom. The molecule has 2 aromatic heterocycles. The summed E-state index contributed by atoms with van der Waals surface area (Å²) in [7, 11) is 0. The Balaban J connectivity index is 2.18. The summed E-state index contributed by atoms with van der Waals surface area (Å²) < 4.78 is 13.3. The van der Waals surface area contributed by atoms with Gasteiger partial charge < -0.3 is 5.73 Å². The highest BCUT2D eigenvalue weighted by atomic mass is 19.1. The Labute approximate surface area is 116 Å². The Bertz CT molecular complexity index is 771. The molecular formula is C16H14FN3. The monoisotopic (exact) mass is 267 g/mol. The van der Waals surface area contributed by atoms with E-state index in [0.29, 0.717) is 5.56 Å². The van der Waals surface area contributed by atoms with Gasteiger partial charge in [0.2, 0.25) is 0 Å². The molecule has 0 bridgehead atoms. The molecule has 2 heterocycles. The van der Waals surface area contributed by atoms with Crippen molar-refractivity contribution in [2.45, 2.75) is 13.0 Å². The van der Waals surface area contributed by atoms with E-state index in [0.717, 1.165) is 22.2 Å². The van der Waals surface area contributed by atoms with Crippen LogP contribution < -0.4 is 5.73 Å². The van der Waals surface area contributed by atoms with Gasteiger partial charge in [-0.15, -0.1) is 0 Å². The van der Waals surface area contributed by atoms with Gasteiger partial charge in [0.05, 0.1) is 17.8 Å². The van der Waals surface area contributed by atoms with Crippen LogP contribution >= 0.6 is 0 Å². The number of rotatable bonds is 2. The van der Waals surface area contributed by atoms with Gasteiger partial charge >= 0.3 is 0 Å². The van der Waals surface area contributed by atoms with Crippen molar-refractivity contribution in [2.75, 3.05) is 0 Å². The van der Waals surface area contributed by atoms with Gasteiger partial charge in [0, 0.05) is 17.3 Å². The highest BCUT2D eigenvalue weighted by molar-refractivity contribution is 5.83. The third-order valence-electron chi connectivity index (χ3n) is 3.30. The van der Waals surface area contributed by atoms with Crippen molar-refractivity contribution in [2.24, 2.45) is 5.73 Å². The van der Waals surface area contributed by atoms with Crippen LogP contribution in [0.25, 0.3) is 10.9 Å². The lowest BCUT2D eigenvalue weighted by Gasteiger charge is -2.15. The number of nitrogens with two attached hydrogens (primary N) is 1. The molecule has 100 valence electrons. The first-order valence-corrected chi connectivity index (χ1v) is 6.37. The second kappa shape index (κ2) is 4.98. The molecule has 1 aromatic carbocycles. The maximum absolute atomic E-state index is 13.3. The molecule has 3 rings (SSSR count). The molecule has 0 aliphatic rings. The molecule has 4 heteroatoms. The summed E-state index contributed by atoms with van der Waals surface area (Å²) in [4.78, 5) is 8.35. The predicted octanol–water partition coefficient (Wildman–Crippen LogP) is 3.13. The number of halogens is 1. The average Bonchev–Trinajstić information content (AvgIpc) is 2.45. The zero-order valence-corrected chi connectivity index (χ0v) is 11.0. The fraction of sp³-hybridized carbons (Fsp3) is 0.125. The lowest BCUT2D eigenvalue weighted by Crippen LogP contribution is -2.13. The maximum Gasteiger partial charge on any atom is 0.141 e. The SMILES string of the molecule is Cc1cc(C(N)c2cncc(F)c2)c2ccccc2n1. The normalized spacial score (nSPS) is 12.6. The summed E-state index contributed by atoms with van der Waals surface area (Å²) in [6.07, 6.45) is 2.77. The number of pyridine rings is 2. The molecule has 0 fully saturated rings. The minimum atomic E-state index is -0.426. The van der Waals surface area contributed by atoms with Gasteiger partial charge in [-0.25, -0.2) is 4.39 Å². The summed E-state index contributed by atoms with van der Waals surface area (Å²) in [5, 5.41) is 0.981. The first-order valence-electron chi connectivity index (χ1n) is 6.37. The van der Waals surface area contributed by atoms with Crippen LogP contribution in [0.1, 0.15) is 22.9 Å². The molecule has 0 spiro atoms. The minimum Gasteiger partial charge on any atom is -0.320 e. The predicted molar refractivity (Wildman–Crippen MR) is 76.7 cm³/mol. The van der Waals surface area contributed by atoms with Crippen LogP contribution in [-0.2, 0) is 0 Å². The van der Waals surface area contributed by atoms with Crippen LogP contribution in [0.2, 0.25) is 0 Å². The largest absolute Gasteiger partial charge is 0.320 e. The van der Waals surface area contributed by atoms with Crippen LogP contribution in [0.15, 0.2) is 48.8 Å². The number of nitrogens with zero attached hydrogens (tertiary/aromatic N) is 2. The molecule has 0 radical (unpaired) electrons. The van der Waals surface area contributed by atoms with Gasteiger partial charge in [0.25, 0.3) is 0 Å². The van der Waals surface area contributed by atoms with Gasteiger partial charge in [-0.05, 0) is 36.2 Å². The number of benzene rings is 1. The van der Waals surface area contributed by atoms with Gasteiger partial charge in [-0.2, -0.15) is 0 Å². The van der Waals surface area contributed by atoms with E-state index in [-0.39, 0.29) is 5.82 Å². The standard InChI is InChI=1S/C16H14FN3/c1-10-6-14(13-4-2-3-5-15(13)20-10)16(18)11-7-12(17)9-19-8-11/h2-9,16H,18H2,1H3. The first-order chi connectivity index (χ1) is 9.65. The van der Waals surface area contributed by atoms with E-state index in [9.17, 15) is 4.39 Å². The van der Waals surface area contributed by atoms with Gasteiger partial charge in [0.15, 0.2) is 0 Å². The van der Waals surface area contributed by atoms with Crippen molar-refractivity contribution >= 4 is 10.9 Å². The molecule has 2 N–H and O–H groups in total. The molecule has 3 aromatic rings. The zero-order chi connectivity index (χ0) is 14.1. The molecular weight excluding hydrogens is 253 g/mol. The molecule has 0 amide bonds. The second-order valence-electron chi connectivity index (χ2n) is 4.78. The Kier molecular flexibility index (Phi) is 3.16. The maximum atomic E-state index is 13.3. The fourth-order valence-electron chi connectivity index (χ4n) is 2.38. The van der Waals surface area contributed by atoms with E-state index in [4.69, 9.17) is 5.73 Å². The number of hydrogen-bond donors (Lipinski definition) is 1. The summed E-state index contributed by atoms with van der Waals surface area (Å²) in [6.45, 7) is 1.92. The lowest BCUT2D eigenvalue weighted by atomic mass is 9.97. The fourth-order valence-corrected chi connectivity index (χ4v) is 2.38. The average molecular weight is 267 g/mol. The highest BCUT2D eigenvalue weighted by Gasteiger charge is 2.14. The third-order valence-corrected chi connectivity index (χ3v) is 3.30. The summed E-state index contributed by atoms with van der Waals surface area (Å²) in [5.41, 5.74) is 9.65. The van der Waals surface area contributed by atoms with E-state index in [1.165, 1.54) is 12.3 Å². The van der Waals surface area contributed by atoms with E-state index in [1.54, 1.807) is 6.20 Å². The Hall–Kier alpha value is -2.33. The molecule has 0 aliphatic carbocycles. The van der Waals surface area contributed by atoms with Gasteiger partial charge in [-0.3, -0.25) is 9.97 Å². The Morgan fingerprint density at radius 1 is 1.15 bits per heavy atom. The van der Waals surface area contributed by atoms with Crippen molar-refractivity contribution in [1.82, 2.24) is 9.97 Å². The van der Waals surface area contributed by atoms with Crippen molar-refractivity contribution < 1.29 is 4.39 Å². The topological polar surface area (TPSA) is 51.8 Å². The van der Waals surface area contributed by atoms with Gasteiger partial charge in [-0.1, -0.05) is 18.2 Å². The molecule has 0 aliphatic heterocycles. The highest BCUT2D eigenvalue weighted by Crippen LogP contribution is 2.27. The zero-order valence-electron chi connectivity index (χ0n) is 11.0. The van der Waals surface area contributed by atoms with Crippen LogP contribution in [0.5, 0.6) is 0 Å². The number of aromatic nitrogens is 2. The summed E-state index contributed by atoms with van der Waals surface area (Å²) in [6, 6.07) is 10.7.